The van der Waals surface area contributed by atoms with Crippen molar-refractivity contribution in [2.45, 2.75) is 32.4 Å². The minimum absolute atomic E-state index is 0.0469. The molecule has 1 heterocycles. The van der Waals surface area contributed by atoms with Gasteiger partial charge < -0.3 is 15.4 Å². The summed E-state index contributed by atoms with van der Waals surface area (Å²) < 4.78 is 5.01. The fourth-order valence-corrected chi connectivity index (χ4v) is 1.23. The summed E-state index contributed by atoms with van der Waals surface area (Å²) in [5.74, 6) is 0. The van der Waals surface area contributed by atoms with Crippen LogP contribution in [0, 0.1) is 0 Å². The van der Waals surface area contributed by atoms with Crippen molar-refractivity contribution in [1.29, 1.82) is 0 Å². The fourth-order valence-electron chi connectivity index (χ4n) is 1.23. The van der Waals surface area contributed by atoms with Crippen LogP contribution in [-0.2, 0) is 4.74 Å². The number of hydrogen-bond donors (Lipinski definition) is 1. The molecule has 0 aromatic heterocycles. The first kappa shape index (κ1) is 9.32. The van der Waals surface area contributed by atoms with Crippen LogP contribution in [0.15, 0.2) is 0 Å². The van der Waals surface area contributed by atoms with Crippen LogP contribution >= 0.6 is 0 Å². The van der Waals surface area contributed by atoms with Crippen LogP contribution in [-0.4, -0.2) is 36.2 Å². The number of hydrogen-bond acceptors (Lipinski definition) is 3. The standard InChI is InChI=1S/C8H16N2O2/c1-6(2)12-8(11)10-4-3-7(9)5-10/h6-7H,3-5,9H2,1-2H3/t7-/m1/s1. The predicted octanol–water partition coefficient (Wildman–Crippen LogP) is 0.564. The van der Waals surface area contributed by atoms with E-state index in [1.807, 2.05) is 13.8 Å². The third kappa shape index (κ3) is 2.37. The summed E-state index contributed by atoms with van der Waals surface area (Å²) in [7, 11) is 0. The first-order valence-corrected chi connectivity index (χ1v) is 4.30. The summed E-state index contributed by atoms with van der Waals surface area (Å²) in [6.07, 6.45) is 0.597. The molecule has 0 radical (unpaired) electrons. The summed E-state index contributed by atoms with van der Waals surface area (Å²) in [5.41, 5.74) is 5.64. The van der Waals surface area contributed by atoms with Crippen molar-refractivity contribution in [3.63, 3.8) is 0 Å². The zero-order chi connectivity index (χ0) is 9.14. The number of carbonyl (C=O) groups is 1. The van der Waals surface area contributed by atoms with Gasteiger partial charge in [0.25, 0.3) is 0 Å². The van der Waals surface area contributed by atoms with Crippen molar-refractivity contribution in [3.8, 4) is 0 Å². The average Bonchev–Trinajstić information content (AvgIpc) is 2.34. The van der Waals surface area contributed by atoms with E-state index in [1.54, 1.807) is 4.90 Å². The van der Waals surface area contributed by atoms with Crippen molar-refractivity contribution < 1.29 is 9.53 Å². The Bertz CT molecular complexity index is 170. The van der Waals surface area contributed by atoms with Crippen molar-refractivity contribution in [2.24, 2.45) is 5.73 Å². The minimum atomic E-state index is -0.238. The molecule has 0 aliphatic carbocycles. The maximum absolute atomic E-state index is 11.2. The van der Waals surface area contributed by atoms with Crippen LogP contribution in [0.3, 0.4) is 0 Å². The Morgan fingerprint density at radius 3 is 2.75 bits per heavy atom. The number of amides is 1. The molecule has 4 nitrogen and oxygen atoms in total. The van der Waals surface area contributed by atoms with Gasteiger partial charge in [-0.2, -0.15) is 0 Å². The molecule has 12 heavy (non-hydrogen) atoms. The maximum atomic E-state index is 11.2. The molecule has 1 amide bonds. The first-order chi connectivity index (χ1) is 5.59. The molecule has 2 N–H and O–H groups in total. The lowest BCUT2D eigenvalue weighted by Crippen LogP contribution is -2.33. The normalized spacial score (nSPS) is 23.3. The highest BCUT2D eigenvalue weighted by molar-refractivity contribution is 5.68. The van der Waals surface area contributed by atoms with E-state index in [0.717, 1.165) is 13.0 Å². The monoisotopic (exact) mass is 172 g/mol. The van der Waals surface area contributed by atoms with E-state index in [4.69, 9.17) is 10.5 Å². The summed E-state index contributed by atoms with van der Waals surface area (Å²) in [6.45, 7) is 5.04. The molecule has 1 atom stereocenters. The second kappa shape index (κ2) is 3.76. The SMILES string of the molecule is CC(C)OC(=O)N1CC[C@@H](N)C1. The molecule has 0 aromatic carbocycles. The predicted molar refractivity (Wildman–Crippen MR) is 45.8 cm³/mol. The van der Waals surface area contributed by atoms with E-state index in [2.05, 4.69) is 0 Å². The van der Waals surface area contributed by atoms with Gasteiger partial charge in [0.1, 0.15) is 0 Å². The Morgan fingerprint density at radius 1 is 1.67 bits per heavy atom. The third-order valence-corrected chi connectivity index (χ3v) is 1.82. The molecule has 1 rings (SSSR count). The summed E-state index contributed by atoms with van der Waals surface area (Å²) >= 11 is 0. The number of nitrogens with zero attached hydrogens (tertiary/aromatic N) is 1. The molecule has 0 saturated carbocycles. The summed E-state index contributed by atoms with van der Waals surface area (Å²) in [4.78, 5) is 12.9. The van der Waals surface area contributed by atoms with E-state index in [0.29, 0.717) is 6.54 Å². The first-order valence-electron chi connectivity index (χ1n) is 4.30. The highest BCUT2D eigenvalue weighted by Gasteiger charge is 2.24. The van der Waals surface area contributed by atoms with E-state index in [9.17, 15) is 4.79 Å². The van der Waals surface area contributed by atoms with Crippen molar-refractivity contribution in [2.75, 3.05) is 13.1 Å². The van der Waals surface area contributed by atoms with Gasteiger partial charge in [-0.05, 0) is 20.3 Å². The molecule has 4 heteroatoms. The molecule has 0 aromatic rings. The van der Waals surface area contributed by atoms with Crippen molar-refractivity contribution in [3.05, 3.63) is 0 Å². The fraction of sp³-hybridized carbons (Fsp3) is 0.875. The zero-order valence-electron chi connectivity index (χ0n) is 7.62. The molecule has 0 bridgehead atoms. The van der Waals surface area contributed by atoms with Crippen LogP contribution < -0.4 is 5.73 Å². The largest absolute Gasteiger partial charge is 0.447 e. The van der Waals surface area contributed by atoms with Gasteiger partial charge in [-0.1, -0.05) is 0 Å². The van der Waals surface area contributed by atoms with Gasteiger partial charge in [-0.3, -0.25) is 0 Å². The molecule has 0 unspecified atom stereocenters. The lowest BCUT2D eigenvalue weighted by atomic mass is 10.3. The third-order valence-electron chi connectivity index (χ3n) is 1.82. The van der Waals surface area contributed by atoms with E-state index in [-0.39, 0.29) is 18.2 Å². The Labute approximate surface area is 72.7 Å². The Morgan fingerprint density at radius 2 is 2.33 bits per heavy atom. The summed E-state index contributed by atoms with van der Waals surface area (Å²) in [6, 6.07) is 0.129. The van der Waals surface area contributed by atoms with Crippen molar-refractivity contribution in [1.82, 2.24) is 4.90 Å². The minimum Gasteiger partial charge on any atom is -0.447 e. The molecule has 0 spiro atoms. The topological polar surface area (TPSA) is 55.6 Å². The molecule has 1 aliphatic rings. The van der Waals surface area contributed by atoms with Gasteiger partial charge in [0.2, 0.25) is 0 Å². The molecule has 1 aliphatic heterocycles. The Kier molecular flexibility index (Phi) is 2.92. The van der Waals surface area contributed by atoms with Crippen LogP contribution in [0.2, 0.25) is 0 Å². The van der Waals surface area contributed by atoms with E-state index in [1.165, 1.54) is 0 Å². The van der Waals surface area contributed by atoms with E-state index >= 15 is 0 Å². The highest BCUT2D eigenvalue weighted by atomic mass is 16.6. The lowest BCUT2D eigenvalue weighted by Gasteiger charge is -2.17. The van der Waals surface area contributed by atoms with Gasteiger partial charge in [0.15, 0.2) is 0 Å². The highest BCUT2D eigenvalue weighted by Crippen LogP contribution is 2.09. The van der Waals surface area contributed by atoms with Crippen LogP contribution in [0.25, 0.3) is 0 Å². The molecule has 70 valence electrons. The molecular formula is C8H16N2O2. The Balaban J connectivity index is 2.33. The van der Waals surface area contributed by atoms with Crippen LogP contribution in [0.5, 0.6) is 0 Å². The van der Waals surface area contributed by atoms with Gasteiger partial charge in [0.05, 0.1) is 6.10 Å². The second-order valence-electron chi connectivity index (χ2n) is 3.43. The zero-order valence-corrected chi connectivity index (χ0v) is 7.62. The molecule has 1 saturated heterocycles. The van der Waals surface area contributed by atoms with Crippen molar-refractivity contribution >= 4 is 6.09 Å². The molecule has 1 fully saturated rings. The van der Waals surface area contributed by atoms with Gasteiger partial charge >= 0.3 is 6.09 Å². The van der Waals surface area contributed by atoms with Gasteiger partial charge in [0, 0.05) is 19.1 Å². The Hall–Kier alpha value is -0.770. The van der Waals surface area contributed by atoms with E-state index < -0.39 is 0 Å². The summed E-state index contributed by atoms with van der Waals surface area (Å²) in [5, 5.41) is 0. The number of carbonyl (C=O) groups excluding carboxylic acids is 1. The average molecular weight is 172 g/mol. The molecular weight excluding hydrogens is 156 g/mol. The number of likely N-dealkylation sites (tertiary alicyclic amines) is 1. The van der Waals surface area contributed by atoms with Gasteiger partial charge in [-0.25, -0.2) is 4.79 Å². The number of rotatable bonds is 1. The number of ether oxygens (including phenoxy) is 1. The second-order valence-corrected chi connectivity index (χ2v) is 3.43. The smallest absolute Gasteiger partial charge is 0.410 e. The van der Waals surface area contributed by atoms with Gasteiger partial charge in [-0.15, -0.1) is 0 Å². The van der Waals surface area contributed by atoms with Crippen LogP contribution in [0.4, 0.5) is 4.79 Å². The number of nitrogens with two attached hydrogens (primary N) is 1. The quantitative estimate of drug-likeness (QED) is 0.629. The maximum Gasteiger partial charge on any atom is 0.410 e. The van der Waals surface area contributed by atoms with Crippen LogP contribution in [0.1, 0.15) is 20.3 Å². The lowest BCUT2D eigenvalue weighted by molar-refractivity contribution is 0.0833.